The van der Waals surface area contributed by atoms with Crippen molar-refractivity contribution >= 4 is 22.8 Å². The Hall–Kier alpha value is -3.32. The second-order valence-electron chi connectivity index (χ2n) is 7.62. The summed E-state index contributed by atoms with van der Waals surface area (Å²) in [7, 11) is 0. The van der Waals surface area contributed by atoms with Gasteiger partial charge in [0.15, 0.2) is 0 Å². The Morgan fingerprint density at radius 2 is 2.07 bits per heavy atom. The van der Waals surface area contributed by atoms with Crippen molar-refractivity contribution in [2.75, 3.05) is 13.1 Å². The molecular formula is C23H25N3O4. The van der Waals surface area contributed by atoms with Gasteiger partial charge in [0.1, 0.15) is 29.0 Å². The fourth-order valence-electron chi connectivity index (χ4n) is 3.85. The third-order valence-corrected chi connectivity index (χ3v) is 5.41. The first-order chi connectivity index (χ1) is 14.5. The standard InChI is InChI=1S/C23H25N3O4/c24-23(25)15-5-8-20-16(10-15)11-21(30-20)19(12-22(27)28)14-3-6-17(7-4-14)29-18-2-1-9-26-13-18/h3-8,10-11,18-19,26H,1-2,9,12-13H2,(H3,24,25)(H,27,28)/t18-,19?/m0/s1. The number of furan rings is 1. The third kappa shape index (κ3) is 4.46. The van der Waals surface area contributed by atoms with Crippen molar-refractivity contribution in [2.45, 2.75) is 31.3 Å². The van der Waals surface area contributed by atoms with Crippen LogP contribution in [-0.4, -0.2) is 36.1 Å². The maximum atomic E-state index is 11.5. The van der Waals surface area contributed by atoms with E-state index in [0.29, 0.717) is 16.9 Å². The molecule has 1 saturated heterocycles. The molecule has 1 unspecified atom stereocenters. The molecule has 1 aliphatic heterocycles. The molecule has 0 radical (unpaired) electrons. The molecule has 7 nitrogen and oxygen atoms in total. The van der Waals surface area contributed by atoms with Crippen molar-refractivity contribution < 1.29 is 19.1 Å². The lowest BCUT2D eigenvalue weighted by molar-refractivity contribution is -0.137. The van der Waals surface area contributed by atoms with Gasteiger partial charge in [-0.3, -0.25) is 10.2 Å². The van der Waals surface area contributed by atoms with Crippen molar-refractivity contribution in [3.63, 3.8) is 0 Å². The number of benzene rings is 2. The smallest absolute Gasteiger partial charge is 0.304 e. The van der Waals surface area contributed by atoms with Crippen LogP contribution in [0.25, 0.3) is 11.0 Å². The van der Waals surface area contributed by atoms with Gasteiger partial charge in [0.2, 0.25) is 0 Å². The third-order valence-electron chi connectivity index (χ3n) is 5.41. The van der Waals surface area contributed by atoms with Crippen molar-refractivity contribution in [3.05, 3.63) is 65.4 Å². The number of carboxylic acids is 1. The average molecular weight is 407 g/mol. The Bertz CT molecular complexity index is 1050. The van der Waals surface area contributed by atoms with Gasteiger partial charge in [-0.05, 0) is 61.3 Å². The molecule has 0 saturated carbocycles. The number of nitrogen functional groups attached to an aromatic ring is 1. The molecule has 7 heteroatoms. The minimum Gasteiger partial charge on any atom is -0.489 e. The molecule has 156 valence electrons. The predicted molar refractivity (Wildman–Crippen MR) is 114 cm³/mol. The van der Waals surface area contributed by atoms with Gasteiger partial charge in [0, 0.05) is 17.5 Å². The first-order valence-corrected chi connectivity index (χ1v) is 10.1. The second-order valence-corrected chi connectivity index (χ2v) is 7.62. The molecule has 2 heterocycles. The van der Waals surface area contributed by atoms with Crippen LogP contribution in [0.5, 0.6) is 5.75 Å². The van der Waals surface area contributed by atoms with E-state index in [9.17, 15) is 9.90 Å². The maximum absolute atomic E-state index is 11.5. The van der Waals surface area contributed by atoms with Crippen LogP contribution < -0.4 is 15.8 Å². The summed E-state index contributed by atoms with van der Waals surface area (Å²) >= 11 is 0. The Morgan fingerprint density at radius 3 is 2.73 bits per heavy atom. The van der Waals surface area contributed by atoms with Gasteiger partial charge in [-0.15, -0.1) is 0 Å². The Morgan fingerprint density at radius 1 is 1.27 bits per heavy atom. The SMILES string of the molecule is N=C(N)c1ccc2oc(C(CC(=O)O)c3ccc(O[C@H]4CCCNC4)cc3)cc2c1. The van der Waals surface area contributed by atoms with Gasteiger partial charge in [-0.1, -0.05) is 12.1 Å². The topological polar surface area (TPSA) is 122 Å². The molecule has 30 heavy (non-hydrogen) atoms. The zero-order valence-electron chi connectivity index (χ0n) is 16.6. The Balaban J connectivity index is 1.60. The highest BCUT2D eigenvalue weighted by Crippen LogP contribution is 2.34. The maximum Gasteiger partial charge on any atom is 0.304 e. The predicted octanol–water partition coefficient (Wildman–Crippen LogP) is 3.45. The molecule has 1 aromatic heterocycles. The first-order valence-electron chi connectivity index (χ1n) is 10.1. The largest absolute Gasteiger partial charge is 0.489 e. The number of carbonyl (C=O) groups is 1. The molecule has 0 spiro atoms. The van der Waals surface area contributed by atoms with Gasteiger partial charge in [-0.2, -0.15) is 0 Å². The fraction of sp³-hybridized carbons (Fsp3) is 0.304. The van der Waals surface area contributed by atoms with Crippen molar-refractivity contribution in [1.29, 1.82) is 5.41 Å². The lowest BCUT2D eigenvalue weighted by Crippen LogP contribution is -2.37. The number of nitrogens with two attached hydrogens (primary N) is 1. The molecule has 1 fully saturated rings. The van der Waals surface area contributed by atoms with Crippen LogP contribution in [0.2, 0.25) is 0 Å². The Labute approximate surface area is 174 Å². The number of ether oxygens (including phenoxy) is 1. The van der Waals surface area contributed by atoms with Crippen LogP contribution in [0.15, 0.2) is 52.9 Å². The van der Waals surface area contributed by atoms with Crippen LogP contribution in [-0.2, 0) is 4.79 Å². The van der Waals surface area contributed by atoms with E-state index in [0.717, 1.165) is 42.6 Å². The minimum atomic E-state index is -0.904. The van der Waals surface area contributed by atoms with Gasteiger partial charge in [0.25, 0.3) is 0 Å². The van der Waals surface area contributed by atoms with E-state index in [1.807, 2.05) is 30.3 Å². The summed E-state index contributed by atoms with van der Waals surface area (Å²) in [5, 5.41) is 21.2. The molecule has 1 aliphatic rings. The van der Waals surface area contributed by atoms with E-state index in [4.69, 9.17) is 20.3 Å². The van der Waals surface area contributed by atoms with Gasteiger partial charge in [0.05, 0.1) is 12.3 Å². The molecule has 5 N–H and O–H groups in total. The van der Waals surface area contributed by atoms with Gasteiger partial charge < -0.3 is 25.3 Å². The van der Waals surface area contributed by atoms with E-state index in [-0.39, 0.29) is 18.4 Å². The van der Waals surface area contributed by atoms with E-state index < -0.39 is 11.9 Å². The Kier molecular flexibility index (Phi) is 5.72. The molecule has 4 rings (SSSR count). The summed E-state index contributed by atoms with van der Waals surface area (Å²) in [5.41, 5.74) is 7.65. The number of rotatable bonds is 7. The number of aliphatic carboxylic acids is 1. The second kappa shape index (κ2) is 8.59. The number of nitrogens with one attached hydrogen (secondary N) is 2. The van der Waals surface area contributed by atoms with Crippen LogP contribution >= 0.6 is 0 Å². The molecule has 0 bridgehead atoms. The molecule has 0 amide bonds. The van der Waals surface area contributed by atoms with Crippen LogP contribution in [0.1, 0.15) is 42.1 Å². The number of hydrogen-bond acceptors (Lipinski definition) is 5. The number of amidine groups is 1. The summed E-state index contributed by atoms with van der Waals surface area (Å²) in [6, 6.07) is 14.6. The van der Waals surface area contributed by atoms with E-state index in [2.05, 4.69) is 5.32 Å². The van der Waals surface area contributed by atoms with Gasteiger partial charge >= 0.3 is 5.97 Å². The molecule has 2 atom stereocenters. The highest BCUT2D eigenvalue weighted by molar-refractivity contribution is 5.98. The highest BCUT2D eigenvalue weighted by atomic mass is 16.5. The highest BCUT2D eigenvalue weighted by Gasteiger charge is 2.23. The molecular weight excluding hydrogens is 382 g/mol. The van der Waals surface area contributed by atoms with Gasteiger partial charge in [-0.25, -0.2) is 0 Å². The zero-order valence-corrected chi connectivity index (χ0v) is 16.6. The van der Waals surface area contributed by atoms with Crippen LogP contribution in [0, 0.1) is 5.41 Å². The summed E-state index contributed by atoms with van der Waals surface area (Å²) in [5.74, 6) is -0.0134. The van der Waals surface area contributed by atoms with E-state index in [1.165, 1.54) is 0 Å². The lowest BCUT2D eigenvalue weighted by atomic mass is 9.93. The minimum absolute atomic E-state index is 0.0227. The van der Waals surface area contributed by atoms with Crippen molar-refractivity contribution in [3.8, 4) is 5.75 Å². The molecule has 0 aliphatic carbocycles. The summed E-state index contributed by atoms with van der Waals surface area (Å²) in [6.07, 6.45) is 2.19. The number of carboxylic acid groups (broad SMARTS) is 1. The normalized spacial score (nSPS) is 17.5. The number of hydrogen-bond donors (Lipinski definition) is 4. The van der Waals surface area contributed by atoms with E-state index in [1.54, 1.807) is 18.2 Å². The quantitative estimate of drug-likeness (QED) is 0.352. The number of piperidine rings is 1. The average Bonchev–Trinajstić information content (AvgIpc) is 3.16. The molecule has 3 aromatic rings. The lowest BCUT2D eigenvalue weighted by Gasteiger charge is -2.24. The summed E-state index contributed by atoms with van der Waals surface area (Å²) in [4.78, 5) is 11.5. The van der Waals surface area contributed by atoms with E-state index >= 15 is 0 Å². The summed E-state index contributed by atoms with van der Waals surface area (Å²) < 4.78 is 12.0. The fourth-order valence-corrected chi connectivity index (χ4v) is 3.85. The zero-order chi connectivity index (χ0) is 21.1. The van der Waals surface area contributed by atoms with Crippen LogP contribution in [0.3, 0.4) is 0 Å². The molecule has 2 aromatic carbocycles. The van der Waals surface area contributed by atoms with Crippen molar-refractivity contribution in [2.24, 2.45) is 5.73 Å². The number of fused-ring (bicyclic) bond motifs is 1. The summed E-state index contributed by atoms with van der Waals surface area (Å²) in [6.45, 7) is 1.87. The van der Waals surface area contributed by atoms with Crippen LogP contribution in [0.4, 0.5) is 0 Å². The van der Waals surface area contributed by atoms with Crippen molar-refractivity contribution in [1.82, 2.24) is 5.32 Å². The monoisotopic (exact) mass is 407 g/mol. The first kappa shape index (κ1) is 20.0.